The Morgan fingerprint density at radius 1 is 1.26 bits per heavy atom. The van der Waals surface area contributed by atoms with E-state index >= 15 is 0 Å². The molecule has 1 aliphatic heterocycles. The maximum atomic E-state index is 11.9. The van der Waals surface area contributed by atoms with E-state index in [9.17, 15) is 14.4 Å². The van der Waals surface area contributed by atoms with E-state index in [4.69, 9.17) is 5.11 Å². The highest BCUT2D eigenvalue weighted by Gasteiger charge is 2.36. The predicted octanol–water partition coefficient (Wildman–Crippen LogP) is 2.23. The van der Waals surface area contributed by atoms with Gasteiger partial charge in [0.2, 0.25) is 0 Å². The van der Waals surface area contributed by atoms with Crippen molar-refractivity contribution in [1.82, 2.24) is 0 Å². The summed E-state index contributed by atoms with van der Waals surface area (Å²) < 4.78 is 0.608. The van der Waals surface area contributed by atoms with E-state index in [0.717, 1.165) is 0 Å². The van der Waals surface area contributed by atoms with Gasteiger partial charge in [0, 0.05) is 17.4 Å². The molecular weight excluding hydrogens is 314 g/mol. The van der Waals surface area contributed by atoms with Crippen LogP contribution in [-0.4, -0.2) is 29.3 Å². The number of nitrogens with zero attached hydrogens (tertiary/aromatic N) is 1. The zero-order valence-electron chi connectivity index (χ0n) is 10.1. The van der Waals surface area contributed by atoms with Crippen molar-refractivity contribution in [2.45, 2.75) is 19.3 Å². The van der Waals surface area contributed by atoms with Crippen LogP contribution in [0.25, 0.3) is 0 Å². The van der Waals surface area contributed by atoms with Gasteiger partial charge in [-0.1, -0.05) is 6.07 Å². The number of amides is 1. The van der Waals surface area contributed by atoms with Gasteiger partial charge in [-0.3, -0.25) is 14.4 Å². The van der Waals surface area contributed by atoms with E-state index in [1.54, 1.807) is 18.2 Å². The summed E-state index contributed by atoms with van der Waals surface area (Å²) in [5.74, 6) is -1.91. The second-order valence-electron chi connectivity index (χ2n) is 4.27. The van der Waals surface area contributed by atoms with Crippen LogP contribution in [-0.2, 0) is 9.59 Å². The molecule has 0 aliphatic carbocycles. The number of halogens is 1. The third-order valence-electron chi connectivity index (χ3n) is 2.97. The first-order valence-corrected chi connectivity index (χ1v) is 6.68. The van der Waals surface area contributed by atoms with Gasteiger partial charge in [0.05, 0.1) is 11.3 Å². The molecular formula is C13H12BrNO4. The van der Waals surface area contributed by atoms with E-state index in [1.807, 2.05) is 0 Å². The Morgan fingerprint density at radius 2 is 2.00 bits per heavy atom. The smallest absolute Gasteiger partial charge is 0.303 e. The minimum absolute atomic E-state index is 0.0708. The lowest BCUT2D eigenvalue weighted by atomic mass is 10.1. The monoisotopic (exact) mass is 325 g/mol. The van der Waals surface area contributed by atoms with Gasteiger partial charge in [-0.05, 0) is 40.9 Å². The Hall–Kier alpha value is -1.69. The molecule has 1 heterocycles. The maximum absolute atomic E-state index is 11.9. The van der Waals surface area contributed by atoms with Gasteiger partial charge in [0.15, 0.2) is 0 Å². The zero-order valence-corrected chi connectivity index (χ0v) is 11.6. The van der Waals surface area contributed by atoms with Crippen LogP contribution in [0.15, 0.2) is 22.7 Å². The largest absolute Gasteiger partial charge is 0.481 e. The predicted molar refractivity (Wildman–Crippen MR) is 72.3 cm³/mol. The summed E-state index contributed by atoms with van der Waals surface area (Å²) in [6.45, 7) is 0.362. The van der Waals surface area contributed by atoms with Crippen molar-refractivity contribution in [1.29, 1.82) is 0 Å². The summed E-state index contributed by atoms with van der Waals surface area (Å²) >= 11 is 3.27. The fourth-order valence-corrected chi connectivity index (χ4v) is 2.61. The Labute approximate surface area is 118 Å². The molecule has 19 heavy (non-hydrogen) atoms. The number of carbonyl (C=O) groups is 3. The molecule has 1 aliphatic rings. The highest BCUT2D eigenvalue weighted by atomic mass is 79.9. The van der Waals surface area contributed by atoms with Crippen LogP contribution in [0.5, 0.6) is 0 Å². The number of hydrogen-bond acceptors (Lipinski definition) is 3. The lowest BCUT2D eigenvalue weighted by Gasteiger charge is -2.16. The molecule has 0 spiro atoms. The van der Waals surface area contributed by atoms with E-state index < -0.39 is 17.7 Å². The van der Waals surface area contributed by atoms with Crippen molar-refractivity contribution in [3.8, 4) is 0 Å². The van der Waals surface area contributed by atoms with Crippen LogP contribution >= 0.6 is 15.9 Å². The van der Waals surface area contributed by atoms with E-state index in [-0.39, 0.29) is 6.42 Å². The number of carboxylic acids is 1. The Kier molecular flexibility index (Phi) is 3.99. The number of Topliss-reactive ketones (excluding diaryl/α,β-unsaturated/α-hetero) is 1. The maximum Gasteiger partial charge on any atom is 0.303 e. The van der Waals surface area contributed by atoms with Crippen molar-refractivity contribution in [3.05, 3.63) is 28.2 Å². The number of hydrogen-bond donors (Lipinski definition) is 1. The Morgan fingerprint density at radius 3 is 2.68 bits per heavy atom. The minimum atomic E-state index is -0.855. The molecule has 0 bridgehead atoms. The highest BCUT2D eigenvalue weighted by molar-refractivity contribution is 9.10. The summed E-state index contributed by atoms with van der Waals surface area (Å²) in [5.41, 5.74) is 0.991. The lowest BCUT2D eigenvalue weighted by molar-refractivity contribution is -0.137. The fraction of sp³-hybridized carbons (Fsp3) is 0.308. The molecule has 1 amide bonds. The molecule has 0 saturated carbocycles. The second kappa shape index (κ2) is 5.52. The number of unbranched alkanes of at least 4 members (excludes halogenated alkanes) is 1. The first-order valence-electron chi connectivity index (χ1n) is 5.89. The van der Waals surface area contributed by atoms with Gasteiger partial charge < -0.3 is 10.0 Å². The summed E-state index contributed by atoms with van der Waals surface area (Å²) in [7, 11) is 0. The number of carbonyl (C=O) groups excluding carboxylic acids is 2. The molecule has 1 aromatic rings. The second-order valence-corrected chi connectivity index (χ2v) is 5.13. The average Bonchev–Trinajstić information content (AvgIpc) is 2.60. The number of anilines is 1. The van der Waals surface area contributed by atoms with Crippen molar-refractivity contribution in [3.63, 3.8) is 0 Å². The average molecular weight is 326 g/mol. The third-order valence-corrected chi connectivity index (χ3v) is 3.63. The molecule has 6 heteroatoms. The number of carboxylic acid groups (broad SMARTS) is 1. The molecule has 5 nitrogen and oxygen atoms in total. The molecule has 0 unspecified atom stereocenters. The third kappa shape index (κ3) is 2.68. The van der Waals surface area contributed by atoms with Crippen LogP contribution < -0.4 is 4.90 Å². The number of ketones is 1. The van der Waals surface area contributed by atoms with E-state index in [1.165, 1.54) is 4.90 Å². The SMILES string of the molecule is O=C(O)CCCCN1C(=O)C(=O)c2c(Br)cccc21. The molecule has 2 rings (SSSR count). The van der Waals surface area contributed by atoms with Crippen molar-refractivity contribution < 1.29 is 19.5 Å². The number of benzene rings is 1. The van der Waals surface area contributed by atoms with Gasteiger partial charge in [-0.25, -0.2) is 0 Å². The molecule has 1 aromatic carbocycles. The summed E-state index contributed by atoms with van der Waals surface area (Å²) in [4.78, 5) is 35.6. The first kappa shape index (κ1) is 13.7. The van der Waals surface area contributed by atoms with Crippen LogP contribution in [0, 0.1) is 0 Å². The number of aliphatic carboxylic acids is 1. The van der Waals surface area contributed by atoms with E-state index in [2.05, 4.69) is 15.9 Å². The van der Waals surface area contributed by atoms with Gasteiger partial charge in [-0.15, -0.1) is 0 Å². The molecule has 100 valence electrons. The number of rotatable bonds is 5. The normalized spacial score (nSPS) is 13.8. The fourth-order valence-electron chi connectivity index (χ4n) is 2.07. The van der Waals surface area contributed by atoms with Gasteiger partial charge in [-0.2, -0.15) is 0 Å². The molecule has 1 N–H and O–H groups in total. The van der Waals surface area contributed by atoms with Crippen LogP contribution in [0.2, 0.25) is 0 Å². The highest BCUT2D eigenvalue weighted by Crippen LogP contribution is 2.34. The van der Waals surface area contributed by atoms with E-state index in [0.29, 0.717) is 35.1 Å². The molecule has 0 fully saturated rings. The summed E-state index contributed by atoms with van der Waals surface area (Å²) in [6.07, 6.45) is 1.11. The van der Waals surface area contributed by atoms with Gasteiger partial charge in [0.1, 0.15) is 0 Å². The summed E-state index contributed by atoms with van der Waals surface area (Å²) in [6, 6.07) is 5.21. The van der Waals surface area contributed by atoms with Crippen molar-refractivity contribution >= 4 is 39.3 Å². The molecule has 0 saturated heterocycles. The molecule has 0 atom stereocenters. The lowest BCUT2D eigenvalue weighted by Crippen LogP contribution is -2.30. The first-order chi connectivity index (χ1) is 9.02. The number of fused-ring (bicyclic) bond motifs is 1. The standard InChI is InChI=1S/C13H12BrNO4/c14-8-4-3-5-9-11(8)12(18)13(19)15(9)7-2-1-6-10(16)17/h3-5H,1-2,6-7H2,(H,16,17). The minimum Gasteiger partial charge on any atom is -0.481 e. The van der Waals surface area contributed by atoms with Crippen LogP contribution in [0.1, 0.15) is 29.6 Å². The van der Waals surface area contributed by atoms with Crippen LogP contribution in [0.3, 0.4) is 0 Å². The Balaban J connectivity index is 2.11. The topological polar surface area (TPSA) is 74.7 Å². The zero-order chi connectivity index (χ0) is 14.0. The van der Waals surface area contributed by atoms with Gasteiger partial charge >= 0.3 is 5.97 Å². The molecule has 0 aromatic heterocycles. The Bertz CT molecular complexity index is 556. The van der Waals surface area contributed by atoms with Gasteiger partial charge in [0.25, 0.3) is 11.7 Å². The van der Waals surface area contributed by atoms with Crippen LogP contribution in [0.4, 0.5) is 5.69 Å². The summed E-state index contributed by atoms with van der Waals surface area (Å²) in [5, 5.41) is 8.55. The molecule has 0 radical (unpaired) electrons. The quantitative estimate of drug-likeness (QED) is 0.665. The van der Waals surface area contributed by atoms with Crippen molar-refractivity contribution in [2.75, 3.05) is 11.4 Å². The van der Waals surface area contributed by atoms with Crippen molar-refractivity contribution in [2.24, 2.45) is 0 Å².